The molecule has 0 saturated carbocycles. The molecule has 1 saturated heterocycles. The lowest BCUT2D eigenvalue weighted by molar-refractivity contribution is -0.135. The molecule has 7 heteroatoms. The highest BCUT2D eigenvalue weighted by Crippen LogP contribution is 2.16. The van der Waals surface area contributed by atoms with Gasteiger partial charge in [-0.1, -0.05) is 18.2 Å². The number of carbonyl (C=O) groups excluding carboxylic acids is 1. The third-order valence-electron chi connectivity index (χ3n) is 4.13. The van der Waals surface area contributed by atoms with Crippen LogP contribution in [0.3, 0.4) is 0 Å². The Labute approximate surface area is 153 Å². The van der Waals surface area contributed by atoms with Gasteiger partial charge in [0.1, 0.15) is 17.6 Å². The van der Waals surface area contributed by atoms with Crippen molar-refractivity contribution in [2.24, 2.45) is 0 Å². The standard InChI is InChI=1S/C18H22N2O4.ClH/c21-16(17-7-4-12-23-17)13-19-8-10-20(11-9-19)18(22)14-24-15-5-2-1-3-6-15;/h1-7,12,16,21H,8-11,13-14H2;1H. The topological polar surface area (TPSA) is 66.2 Å². The highest BCUT2D eigenvalue weighted by Gasteiger charge is 2.23. The van der Waals surface area contributed by atoms with Crippen molar-refractivity contribution in [1.82, 2.24) is 9.80 Å². The van der Waals surface area contributed by atoms with Crippen LogP contribution in [-0.4, -0.2) is 60.1 Å². The molecule has 1 amide bonds. The van der Waals surface area contributed by atoms with Crippen molar-refractivity contribution in [2.75, 3.05) is 39.3 Å². The molecule has 2 aromatic rings. The predicted molar refractivity (Wildman–Crippen MR) is 95.9 cm³/mol. The van der Waals surface area contributed by atoms with E-state index in [2.05, 4.69) is 4.90 Å². The summed E-state index contributed by atoms with van der Waals surface area (Å²) in [5.41, 5.74) is 0. The van der Waals surface area contributed by atoms with Crippen LogP contribution in [0, 0.1) is 0 Å². The van der Waals surface area contributed by atoms with Crippen LogP contribution >= 0.6 is 12.4 Å². The van der Waals surface area contributed by atoms with Crippen LogP contribution in [0.15, 0.2) is 53.1 Å². The summed E-state index contributed by atoms with van der Waals surface area (Å²) in [5.74, 6) is 1.26. The van der Waals surface area contributed by atoms with Crippen LogP contribution in [0.4, 0.5) is 0 Å². The molecule has 0 bridgehead atoms. The summed E-state index contributed by atoms with van der Waals surface area (Å²) in [6.07, 6.45) is 0.922. The Hall–Kier alpha value is -2.02. The molecule has 1 aromatic carbocycles. The largest absolute Gasteiger partial charge is 0.484 e. The minimum absolute atomic E-state index is 0. The van der Waals surface area contributed by atoms with Gasteiger partial charge in [0.05, 0.1) is 6.26 Å². The first-order valence-corrected chi connectivity index (χ1v) is 8.12. The van der Waals surface area contributed by atoms with Gasteiger partial charge in [0.15, 0.2) is 6.61 Å². The first kappa shape index (κ1) is 19.3. The molecule has 1 fully saturated rings. The number of hydrogen-bond acceptors (Lipinski definition) is 5. The lowest BCUT2D eigenvalue weighted by atomic mass is 10.2. The Kier molecular flexibility index (Phi) is 7.31. The number of carbonyl (C=O) groups is 1. The molecular weight excluding hydrogens is 344 g/mol. The van der Waals surface area contributed by atoms with Gasteiger partial charge < -0.3 is 19.2 Å². The van der Waals surface area contributed by atoms with Crippen molar-refractivity contribution in [3.8, 4) is 5.75 Å². The lowest BCUT2D eigenvalue weighted by Gasteiger charge is -2.35. The Morgan fingerprint density at radius 3 is 2.48 bits per heavy atom. The average molecular weight is 367 g/mol. The number of furan rings is 1. The molecule has 0 aliphatic carbocycles. The zero-order valence-electron chi connectivity index (χ0n) is 13.9. The Balaban J connectivity index is 0.00000225. The summed E-state index contributed by atoms with van der Waals surface area (Å²) in [5, 5.41) is 10.1. The normalized spacial score (nSPS) is 16.1. The van der Waals surface area contributed by atoms with Crippen molar-refractivity contribution in [2.45, 2.75) is 6.10 Å². The number of rotatable bonds is 6. The second kappa shape index (κ2) is 9.46. The van der Waals surface area contributed by atoms with Crippen LogP contribution in [0.5, 0.6) is 5.75 Å². The van der Waals surface area contributed by atoms with E-state index in [9.17, 15) is 9.90 Å². The third kappa shape index (κ3) is 5.49. The second-order valence-electron chi connectivity index (χ2n) is 5.81. The van der Waals surface area contributed by atoms with E-state index < -0.39 is 6.10 Å². The third-order valence-corrected chi connectivity index (χ3v) is 4.13. The summed E-state index contributed by atoms with van der Waals surface area (Å²) in [7, 11) is 0. The van der Waals surface area contributed by atoms with Crippen molar-refractivity contribution in [3.05, 3.63) is 54.5 Å². The van der Waals surface area contributed by atoms with Gasteiger partial charge in [-0.3, -0.25) is 9.69 Å². The first-order chi connectivity index (χ1) is 11.7. The summed E-state index contributed by atoms with van der Waals surface area (Å²) in [4.78, 5) is 16.1. The van der Waals surface area contributed by atoms with Gasteiger partial charge in [0, 0.05) is 32.7 Å². The minimum atomic E-state index is -0.635. The highest BCUT2D eigenvalue weighted by molar-refractivity contribution is 5.85. The fourth-order valence-corrected chi connectivity index (χ4v) is 2.75. The molecule has 1 atom stereocenters. The fraction of sp³-hybridized carbons (Fsp3) is 0.389. The van der Waals surface area contributed by atoms with Gasteiger partial charge in [-0.05, 0) is 24.3 Å². The van der Waals surface area contributed by atoms with E-state index in [1.807, 2.05) is 30.3 Å². The molecule has 1 aromatic heterocycles. The number of halogens is 1. The number of amides is 1. The van der Waals surface area contributed by atoms with Crippen molar-refractivity contribution >= 4 is 18.3 Å². The molecule has 136 valence electrons. The number of para-hydroxylation sites is 1. The Morgan fingerprint density at radius 2 is 1.84 bits per heavy atom. The fourth-order valence-electron chi connectivity index (χ4n) is 2.75. The van der Waals surface area contributed by atoms with Crippen LogP contribution in [0.2, 0.25) is 0 Å². The van der Waals surface area contributed by atoms with Crippen LogP contribution < -0.4 is 4.74 Å². The van der Waals surface area contributed by atoms with Gasteiger partial charge in [0.25, 0.3) is 5.91 Å². The van der Waals surface area contributed by atoms with Gasteiger partial charge in [-0.15, -0.1) is 12.4 Å². The van der Waals surface area contributed by atoms with Crippen molar-refractivity contribution in [3.63, 3.8) is 0 Å². The van der Waals surface area contributed by atoms with Crippen LogP contribution in [-0.2, 0) is 4.79 Å². The summed E-state index contributed by atoms with van der Waals surface area (Å²) >= 11 is 0. The van der Waals surface area contributed by atoms with Gasteiger partial charge in [-0.2, -0.15) is 0 Å². The smallest absolute Gasteiger partial charge is 0.260 e. The number of benzene rings is 1. The Morgan fingerprint density at radius 1 is 1.12 bits per heavy atom. The minimum Gasteiger partial charge on any atom is -0.484 e. The summed E-state index contributed by atoms with van der Waals surface area (Å²) in [6.45, 7) is 3.31. The molecule has 0 radical (unpaired) electrons. The number of ether oxygens (including phenoxy) is 1. The molecule has 2 heterocycles. The van der Waals surface area contributed by atoms with E-state index in [4.69, 9.17) is 9.15 Å². The van der Waals surface area contributed by atoms with Crippen LogP contribution in [0.25, 0.3) is 0 Å². The van der Waals surface area contributed by atoms with Crippen LogP contribution in [0.1, 0.15) is 11.9 Å². The molecule has 1 N–H and O–H groups in total. The number of hydrogen-bond donors (Lipinski definition) is 1. The van der Waals surface area contributed by atoms with E-state index in [1.165, 1.54) is 0 Å². The maximum atomic E-state index is 12.2. The van der Waals surface area contributed by atoms with E-state index in [0.29, 0.717) is 31.1 Å². The maximum Gasteiger partial charge on any atom is 0.260 e. The molecule has 3 rings (SSSR count). The zero-order chi connectivity index (χ0) is 16.8. The lowest BCUT2D eigenvalue weighted by Crippen LogP contribution is -2.50. The zero-order valence-corrected chi connectivity index (χ0v) is 14.7. The van der Waals surface area contributed by atoms with E-state index in [1.54, 1.807) is 23.3 Å². The molecule has 0 spiro atoms. The van der Waals surface area contributed by atoms with Gasteiger partial charge in [0.2, 0.25) is 0 Å². The first-order valence-electron chi connectivity index (χ1n) is 8.12. The number of piperazine rings is 1. The monoisotopic (exact) mass is 366 g/mol. The van der Waals surface area contributed by atoms with E-state index >= 15 is 0 Å². The van der Waals surface area contributed by atoms with Crippen molar-refractivity contribution in [1.29, 1.82) is 0 Å². The van der Waals surface area contributed by atoms with Crippen molar-refractivity contribution < 1.29 is 19.1 Å². The molecule has 6 nitrogen and oxygen atoms in total. The molecule has 1 aliphatic rings. The number of aliphatic hydroxyl groups excluding tert-OH is 1. The second-order valence-corrected chi connectivity index (χ2v) is 5.81. The molecular formula is C18H23ClN2O4. The number of nitrogens with zero attached hydrogens (tertiary/aromatic N) is 2. The Bertz CT molecular complexity index is 628. The highest BCUT2D eigenvalue weighted by atomic mass is 35.5. The summed E-state index contributed by atoms with van der Waals surface area (Å²) in [6, 6.07) is 12.9. The van der Waals surface area contributed by atoms with Gasteiger partial charge >= 0.3 is 0 Å². The van der Waals surface area contributed by atoms with Gasteiger partial charge in [-0.25, -0.2) is 0 Å². The SMILES string of the molecule is Cl.O=C(COc1ccccc1)N1CCN(CC(O)c2ccco2)CC1. The molecule has 25 heavy (non-hydrogen) atoms. The summed E-state index contributed by atoms with van der Waals surface area (Å²) < 4.78 is 10.7. The van der Waals surface area contributed by atoms with E-state index in [0.717, 1.165) is 13.1 Å². The molecule has 1 aliphatic heterocycles. The maximum absolute atomic E-state index is 12.2. The molecule has 1 unspecified atom stereocenters. The predicted octanol–water partition coefficient (Wildman–Crippen LogP) is 1.96. The number of β-amino-alcohol motifs (C(OH)–C–C–N with tert-alkyl or cyclic N) is 1. The quantitative estimate of drug-likeness (QED) is 0.846. The number of aliphatic hydroxyl groups is 1. The van der Waals surface area contributed by atoms with E-state index in [-0.39, 0.29) is 24.9 Å². The average Bonchev–Trinajstić information content (AvgIpc) is 3.16.